The number of carbonyl (C=O) groups is 4. The molecule has 1 heterocycles. The standard InChI is InChI=1S/C22H29N3O5/c1-14(25-20(27)17-6-4-5-7-18(17)21(25)28)22(29)30-13-19(26)23-12-15-8-10-16(11-9-15)24(2)3/h8-11,14,17-18H,4-7,12-13H2,1-3H3,(H,23,26)/t14-,17-,18-/m0/s1. The number of rotatable bonds is 7. The molecule has 3 amide bonds. The molecule has 3 atom stereocenters. The Morgan fingerprint density at radius 2 is 1.67 bits per heavy atom. The second kappa shape index (κ2) is 9.28. The molecule has 2 fully saturated rings. The van der Waals surface area contributed by atoms with Crippen LogP contribution in [0.15, 0.2) is 24.3 Å². The monoisotopic (exact) mass is 415 g/mol. The first kappa shape index (κ1) is 21.8. The van der Waals surface area contributed by atoms with E-state index in [2.05, 4.69) is 5.32 Å². The first-order chi connectivity index (χ1) is 14.3. The van der Waals surface area contributed by atoms with Gasteiger partial charge in [-0.3, -0.25) is 19.3 Å². The molecule has 8 nitrogen and oxygen atoms in total. The van der Waals surface area contributed by atoms with Crippen LogP contribution in [0.3, 0.4) is 0 Å². The first-order valence-electron chi connectivity index (χ1n) is 10.4. The molecule has 1 saturated carbocycles. The van der Waals surface area contributed by atoms with Crippen LogP contribution in [0.2, 0.25) is 0 Å². The number of imide groups is 1. The van der Waals surface area contributed by atoms with Crippen LogP contribution in [-0.2, 0) is 30.5 Å². The molecule has 1 N–H and O–H groups in total. The van der Waals surface area contributed by atoms with Crippen LogP contribution >= 0.6 is 0 Å². The van der Waals surface area contributed by atoms with E-state index in [0.717, 1.165) is 29.0 Å². The van der Waals surface area contributed by atoms with Crippen LogP contribution in [0.25, 0.3) is 0 Å². The maximum atomic E-state index is 12.6. The molecule has 0 radical (unpaired) electrons. The lowest BCUT2D eigenvalue weighted by Gasteiger charge is -2.21. The topological polar surface area (TPSA) is 96.0 Å². The average Bonchev–Trinajstić information content (AvgIpc) is 3.00. The molecular weight excluding hydrogens is 386 g/mol. The Balaban J connectivity index is 1.47. The summed E-state index contributed by atoms with van der Waals surface area (Å²) >= 11 is 0. The number of ether oxygens (including phenoxy) is 1. The number of nitrogens with one attached hydrogen (secondary N) is 1. The summed E-state index contributed by atoms with van der Waals surface area (Å²) in [7, 11) is 3.90. The molecule has 0 aromatic heterocycles. The third kappa shape index (κ3) is 4.63. The third-order valence-electron chi connectivity index (χ3n) is 5.89. The van der Waals surface area contributed by atoms with Gasteiger partial charge in [-0.2, -0.15) is 0 Å². The molecule has 2 aliphatic rings. The lowest BCUT2D eigenvalue weighted by atomic mass is 9.81. The smallest absolute Gasteiger partial charge is 0.329 e. The summed E-state index contributed by atoms with van der Waals surface area (Å²) in [5.74, 6) is -2.41. The molecule has 1 aliphatic heterocycles. The maximum Gasteiger partial charge on any atom is 0.329 e. The number of esters is 1. The van der Waals surface area contributed by atoms with Crippen molar-refractivity contribution in [2.24, 2.45) is 11.8 Å². The molecule has 0 unspecified atom stereocenters. The fraction of sp³-hybridized carbons (Fsp3) is 0.545. The van der Waals surface area contributed by atoms with Crippen molar-refractivity contribution in [3.8, 4) is 0 Å². The van der Waals surface area contributed by atoms with E-state index in [0.29, 0.717) is 19.4 Å². The van der Waals surface area contributed by atoms with Gasteiger partial charge in [-0.05, 0) is 37.5 Å². The van der Waals surface area contributed by atoms with E-state index >= 15 is 0 Å². The summed E-state index contributed by atoms with van der Waals surface area (Å²) in [4.78, 5) is 52.5. The minimum Gasteiger partial charge on any atom is -0.454 e. The van der Waals surface area contributed by atoms with Gasteiger partial charge in [-0.1, -0.05) is 25.0 Å². The van der Waals surface area contributed by atoms with Gasteiger partial charge in [0.25, 0.3) is 5.91 Å². The Morgan fingerprint density at radius 1 is 1.10 bits per heavy atom. The number of nitrogens with zero attached hydrogens (tertiary/aromatic N) is 2. The summed E-state index contributed by atoms with van der Waals surface area (Å²) < 4.78 is 5.06. The Kier molecular flexibility index (Phi) is 6.74. The number of fused-ring (bicyclic) bond motifs is 1. The van der Waals surface area contributed by atoms with Crippen LogP contribution in [-0.4, -0.2) is 55.3 Å². The summed E-state index contributed by atoms with van der Waals surface area (Å²) in [6, 6.07) is 6.69. The van der Waals surface area contributed by atoms with Gasteiger partial charge in [0.2, 0.25) is 11.8 Å². The highest BCUT2D eigenvalue weighted by Gasteiger charge is 2.51. The molecule has 30 heavy (non-hydrogen) atoms. The Labute approximate surface area is 176 Å². The van der Waals surface area contributed by atoms with E-state index in [9.17, 15) is 19.2 Å². The maximum absolute atomic E-state index is 12.6. The highest BCUT2D eigenvalue weighted by molar-refractivity contribution is 6.07. The molecule has 1 saturated heterocycles. The van der Waals surface area contributed by atoms with Gasteiger partial charge in [0.05, 0.1) is 11.8 Å². The SMILES string of the molecule is C[C@@H](C(=O)OCC(=O)NCc1ccc(N(C)C)cc1)N1C(=O)[C@H]2CCCC[C@@H]2C1=O. The largest absolute Gasteiger partial charge is 0.454 e. The van der Waals surface area contributed by atoms with E-state index in [-0.39, 0.29) is 23.7 Å². The van der Waals surface area contributed by atoms with E-state index in [4.69, 9.17) is 4.74 Å². The number of amides is 3. The van der Waals surface area contributed by atoms with E-state index in [1.165, 1.54) is 6.92 Å². The number of hydrogen-bond donors (Lipinski definition) is 1. The Bertz CT molecular complexity index is 797. The summed E-state index contributed by atoms with van der Waals surface area (Å²) in [5, 5.41) is 2.69. The van der Waals surface area contributed by atoms with Gasteiger partial charge < -0.3 is 15.0 Å². The molecule has 8 heteroatoms. The minimum absolute atomic E-state index is 0.292. The van der Waals surface area contributed by atoms with Crippen LogP contribution < -0.4 is 10.2 Å². The zero-order chi connectivity index (χ0) is 21.8. The van der Waals surface area contributed by atoms with Crippen molar-refractivity contribution in [1.82, 2.24) is 10.2 Å². The van der Waals surface area contributed by atoms with Crippen LogP contribution in [0, 0.1) is 11.8 Å². The number of anilines is 1. The highest BCUT2D eigenvalue weighted by Crippen LogP contribution is 2.38. The van der Waals surface area contributed by atoms with E-state index in [1.807, 2.05) is 43.3 Å². The van der Waals surface area contributed by atoms with Crippen molar-refractivity contribution in [2.75, 3.05) is 25.6 Å². The van der Waals surface area contributed by atoms with E-state index in [1.54, 1.807) is 0 Å². The van der Waals surface area contributed by atoms with Crippen molar-refractivity contribution in [3.05, 3.63) is 29.8 Å². The normalized spacial score (nSPS) is 21.8. The predicted octanol–water partition coefficient (Wildman–Crippen LogP) is 1.48. The predicted molar refractivity (Wildman–Crippen MR) is 110 cm³/mol. The average molecular weight is 415 g/mol. The molecule has 1 aliphatic carbocycles. The van der Waals surface area contributed by atoms with Gasteiger partial charge in [0.15, 0.2) is 6.61 Å². The Morgan fingerprint density at radius 3 is 2.20 bits per heavy atom. The van der Waals surface area contributed by atoms with Crippen molar-refractivity contribution >= 4 is 29.4 Å². The second-order valence-corrected chi connectivity index (χ2v) is 8.17. The molecule has 0 spiro atoms. The number of likely N-dealkylation sites (tertiary alicyclic amines) is 1. The molecule has 3 rings (SSSR count). The minimum atomic E-state index is -1.03. The zero-order valence-corrected chi connectivity index (χ0v) is 17.7. The molecule has 0 bridgehead atoms. The van der Waals surface area contributed by atoms with Crippen molar-refractivity contribution in [3.63, 3.8) is 0 Å². The molecule has 162 valence electrons. The van der Waals surface area contributed by atoms with Gasteiger partial charge in [0, 0.05) is 26.3 Å². The van der Waals surface area contributed by atoms with Gasteiger partial charge in [-0.15, -0.1) is 0 Å². The van der Waals surface area contributed by atoms with Gasteiger partial charge >= 0.3 is 5.97 Å². The number of hydrogen-bond acceptors (Lipinski definition) is 6. The molecule has 1 aromatic carbocycles. The van der Waals surface area contributed by atoms with Crippen molar-refractivity contribution in [1.29, 1.82) is 0 Å². The van der Waals surface area contributed by atoms with Gasteiger partial charge in [-0.25, -0.2) is 4.79 Å². The lowest BCUT2D eigenvalue weighted by Crippen LogP contribution is -2.45. The fourth-order valence-electron chi connectivity index (χ4n) is 4.10. The van der Waals surface area contributed by atoms with Crippen molar-refractivity contribution in [2.45, 2.75) is 45.2 Å². The number of benzene rings is 1. The van der Waals surface area contributed by atoms with Gasteiger partial charge in [0.1, 0.15) is 6.04 Å². The van der Waals surface area contributed by atoms with Crippen LogP contribution in [0.1, 0.15) is 38.2 Å². The molecule has 1 aromatic rings. The summed E-state index contributed by atoms with van der Waals surface area (Å²) in [6.07, 6.45) is 3.21. The quantitative estimate of drug-likeness (QED) is 0.535. The zero-order valence-electron chi connectivity index (χ0n) is 17.7. The highest BCUT2D eigenvalue weighted by atomic mass is 16.5. The fourth-order valence-corrected chi connectivity index (χ4v) is 4.10. The second-order valence-electron chi connectivity index (χ2n) is 8.17. The third-order valence-corrected chi connectivity index (χ3v) is 5.89. The number of carbonyl (C=O) groups excluding carboxylic acids is 4. The first-order valence-corrected chi connectivity index (χ1v) is 10.4. The van der Waals surface area contributed by atoms with Crippen LogP contribution in [0.5, 0.6) is 0 Å². The summed E-state index contributed by atoms with van der Waals surface area (Å²) in [5.41, 5.74) is 1.98. The molecular formula is C22H29N3O5. The van der Waals surface area contributed by atoms with E-state index < -0.39 is 24.5 Å². The summed E-state index contributed by atoms with van der Waals surface area (Å²) in [6.45, 7) is 1.33. The Hall–Kier alpha value is -2.90. The lowest BCUT2D eigenvalue weighted by molar-refractivity contribution is -0.159. The van der Waals surface area contributed by atoms with Crippen molar-refractivity contribution < 1.29 is 23.9 Å². The van der Waals surface area contributed by atoms with Crippen LogP contribution in [0.4, 0.5) is 5.69 Å².